The number of fused-ring (bicyclic) bond motifs is 1. The smallest absolute Gasteiger partial charge is 0.251 e. The Balaban J connectivity index is 1.45. The summed E-state index contributed by atoms with van der Waals surface area (Å²) in [5.41, 5.74) is 7.95. The molecule has 1 aromatic rings. The molecule has 9 nitrogen and oxygen atoms in total. The Labute approximate surface area is 238 Å². The third-order valence-corrected chi connectivity index (χ3v) is 9.00. The average molecular weight is 554 g/mol. The van der Waals surface area contributed by atoms with Crippen LogP contribution in [0.4, 0.5) is 5.69 Å². The molecule has 3 amide bonds. The van der Waals surface area contributed by atoms with Crippen molar-refractivity contribution in [2.24, 2.45) is 17.6 Å². The molecule has 0 aromatic heterocycles. The zero-order chi connectivity index (χ0) is 29.0. The Morgan fingerprint density at radius 1 is 0.975 bits per heavy atom. The van der Waals surface area contributed by atoms with E-state index in [1.54, 1.807) is 21.9 Å². The van der Waals surface area contributed by atoms with Crippen LogP contribution in [-0.2, 0) is 14.4 Å². The Morgan fingerprint density at radius 2 is 1.62 bits per heavy atom. The zero-order valence-corrected chi connectivity index (χ0v) is 24.6. The minimum Gasteiger partial charge on any atom is -0.372 e. The number of hydrogen-bond acceptors (Lipinski definition) is 6. The first-order valence-electron chi connectivity index (χ1n) is 15.2. The average Bonchev–Trinajstić information content (AvgIpc) is 3.54. The van der Waals surface area contributed by atoms with Gasteiger partial charge in [-0.05, 0) is 75.6 Å². The highest BCUT2D eigenvalue weighted by atomic mass is 16.2. The Hall–Kier alpha value is -2.94. The summed E-state index contributed by atoms with van der Waals surface area (Å²) in [5, 5.41) is 2.95. The molecule has 4 atom stereocenters. The summed E-state index contributed by atoms with van der Waals surface area (Å²) in [4.78, 5) is 59.0. The number of carbonyl (C=O) groups excluding carboxylic acids is 4. The van der Waals surface area contributed by atoms with Gasteiger partial charge in [-0.1, -0.05) is 33.1 Å². The first-order chi connectivity index (χ1) is 19.2. The quantitative estimate of drug-likeness (QED) is 0.460. The lowest BCUT2D eigenvalue weighted by molar-refractivity contribution is -0.138. The number of benzene rings is 1. The van der Waals surface area contributed by atoms with Crippen molar-refractivity contribution in [2.45, 2.75) is 96.8 Å². The molecule has 220 valence electrons. The molecule has 9 heteroatoms. The van der Waals surface area contributed by atoms with Crippen LogP contribution in [0.2, 0.25) is 0 Å². The minimum absolute atomic E-state index is 0.00153. The van der Waals surface area contributed by atoms with Crippen molar-refractivity contribution in [3.8, 4) is 0 Å². The number of nitrogens with zero attached hydrogens (tertiary/aromatic N) is 3. The number of ketones is 1. The summed E-state index contributed by atoms with van der Waals surface area (Å²) < 4.78 is 0. The molecule has 2 aliphatic heterocycles. The number of hydrogen-bond donors (Lipinski definition) is 2. The number of amides is 3. The van der Waals surface area contributed by atoms with Crippen LogP contribution in [0.3, 0.4) is 0 Å². The molecule has 3 fully saturated rings. The van der Waals surface area contributed by atoms with Gasteiger partial charge >= 0.3 is 0 Å². The van der Waals surface area contributed by atoms with Crippen molar-refractivity contribution in [3.63, 3.8) is 0 Å². The second kappa shape index (κ2) is 13.1. The molecular formula is C31H47N5O4. The fourth-order valence-electron chi connectivity index (χ4n) is 6.79. The number of nitrogens with one attached hydrogen (secondary N) is 1. The maximum atomic E-state index is 13.8. The van der Waals surface area contributed by atoms with E-state index in [0.717, 1.165) is 44.5 Å². The lowest BCUT2D eigenvalue weighted by Gasteiger charge is -2.32. The number of nitrogens with two attached hydrogens (primary N) is 1. The molecule has 1 saturated carbocycles. The fraction of sp³-hybridized carbons (Fsp3) is 0.677. The Morgan fingerprint density at radius 3 is 2.23 bits per heavy atom. The van der Waals surface area contributed by atoms with E-state index < -0.39 is 18.1 Å². The van der Waals surface area contributed by atoms with Crippen molar-refractivity contribution in [3.05, 3.63) is 29.8 Å². The first kappa shape index (κ1) is 30.0. The molecule has 1 aromatic carbocycles. The molecule has 0 bridgehead atoms. The summed E-state index contributed by atoms with van der Waals surface area (Å²) in [6.07, 6.45) is 6.24. The van der Waals surface area contributed by atoms with Crippen LogP contribution < -0.4 is 16.0 Å². The third kappa shape index (κ3) is 6.35. The van der Waals surface area contributed by atoms with Gasteiger partial charge in [-0.25, -0.2) is 0 Å². The predicted molar refractivity (Wildman–Crippen MR) is 156 cm³/mol. The van der Waals surface area contributed by atoms with E-state index in [-0.39, 0.29) is 47.9 Å². The van der Waals surface area contributed by atoms with Crippen molar-refractivity contribution < 1.29 is 19.2 Å². The minimum atomic E-state index is -0.754. The van der Waals surface area contributed by atoms with Crippen LogP contribution in [0.25, 0.3) is 0 Å². The SMILES string of the molecule is CCN(CC)c1ccc(C(=O)NC(CC(C)C)C(=O)N2CCC3C2C(=O)CN3C(=O)C(N)C2CCCCC2)cc1. The van der Waals surface area contributed by atoms with Crippen LogP contribution in [-0.4, -0.2) is 83.7 Å². The van der Waals surface area contributed by atoms with Crippen molar-refractivity contribution in [1.29, 1.82) is 0 Å². The predicted octanol–water partition coefficient (Wildman–Crippen LogP) is 2.97. The van der Waals surface area contributed by atoms with E-state index in [1.807, 2.05) is 26.0 Å². The highest BCUT2D eigenvalue weighted by Gasteiger charge is 2.53. The number of carbonyl (C=O) groups is 4. The van der Waals surface area contributed by atoms with Gasteiger partial charge in [0, 0.05) is 30.9 Å². The van der Waals surface area contributed by atoms with E-state index in [2.05, 4.69) is 24.1 Å². The third-order valence-electron chi connectivity index (χ3n) is 9.00. The van der Waals surface area contributed by atoms with E-state index in [0.29, 0.717) is 24.9 Å². The molecule has 2 heterocycles. The molecule has 4 rings (SSSR count). The highest BCUT2D eigenvalue weighted by Crippen LogP contribution is 2.33. The summed E-state index contributed by atoms with van der Waals surface area (Å²) >= 11 is 0. The molecule has 0 radical (unpaired) electrons. The van der Waals surface area contributed by atoms with E-state index >= 15 is 0 Å². The van der Waals surface area contributed by atoms with Gasteiger partial charge in [-0.2, -0.15) is 0 Å². The van der Waals surface area contributed by atoms with Gasteiger partial charge in [-0.3, -0.25) is 19.2 Å². The van der Waals surface area contributed by atoms with Gasteiger partial charge in [0.15, 0.2) is 5.78 Å². The van der Waals surface area contributed by atoms with Crippen LogP contribution in [0.5, 0.6) is 0 Å². The van der Waals surface area contributed by atoms with Gasteiger partial charge in [0.1, 0.15) is 12.1 Å². The maximum Gasteiger partial charge on any atom is 0.251 e. The van der Waals surface area contributed by atoms with Crippen LogP contribution in [0.1, 0.15) is 83.0 Å². The topological polar surface area (TPSA) is 116 Å². The standard InChI is InChI=1S/C31H47N5O4/c1-5-34(6-2)23-14-12-22(13-15-23)29(38)33-24(18-20(3)4)30(39)35-17-16-25-28(35)26(37)19-36(25)31(40)27(32)21-10-8-7-9-11-21/h12-15,20-21,24-25,27-28H,5-11,16-19,32H2,1-4H3,(H,33,38). The van der Waals surface area contributed by atoms with E-state index in [9.17, 15) is 19.2 Å². The van der Waals surface area contributed by atoms with Gasteiger partial charge in [0.25, 0.3) is 5.91 Å². The molecular weight excluding hydrogens is 506 g/mol. The maximum absolute atomic E-state index is 13.8. The lowest BCUT2D eigenvalue weighted by Crippen LogP contribution is -2.53. The molecule has 0 spiro atoms. The molecule has 3 aliphatic rings. The zero-order valence-electron chi connectivity index (χ0n) is 24.6. The Kier molecular flexibility index (Phi) is 9.87. The van der Waals surface area contributed by atoms with Crippen molar-refractivity contribution in [1.82, 2.24) is 15.1 Å². The van der Waals surface area contributed by atoms with Crippen molar-refractivity contribution in [2.75, 3.05) is 31.1 Å². The first-order valence-corrected chi connectivity index (χ1v) is 15.2. The molecule has 2 saturated heterocycles. The number of rotatable bonds is 10. The summed E-state index contributed by atoms with van der Waals surface area (Å²) in [5.74, 6) is -0.545. The Bertz CT molecular complexity index is 1060. The largest absolute Gasteiger partial charge is 0.372 e. The highest BCUT2D eigenvalue weighted by molar-refractivity contribution is 6.01. The molecule has 4 unspecified atom stereocenters. The molecule has 3 N–H and O–H groups in total. The van der Waals surface area contributed by atoms with Crippen molar-refractivity contribution >= 4 is 29.2 Å². The molecule has 40 heavy (non-hydrogen) atoms. The fourth-order valence-corrected chi connectivity index (χ4v) is 6.79. The van der Waals surface area contributed by atoms with Gasteiger partial charge in [0.2, 0.25) is 11.8 Å². The van der Waals surface area contributed by atoms with Crippen LogP contribution in [0.15, 0.2) is 24.3 Å². The molecule has 1 aliphatic carbocycles. The van der Waals surface area contributed by atoms with Gasteiger partial charge < -0.3 is 25.8 Å². The van der Waals surface area contributed by atoms with Gasteiger partial charge in [-0.15, -0.1) is 0 Å². The summed E-state index contributed by atoms with van der Waals surface area (Å²) in [7, 11) is 0. The second-order valence-corrected chi connectivity index (χ2v) is 12.1. The second-order valence-electron chi connectivity index (χ2n) is 12.1. The van der Waals surface area contributed by atoms with E-state index in [4.69, 9.17) is 5.73 Å². The van der Waals surface area contributed by atoms with Crippen LogP contribution in [0, 0.1) is 11.8 Å². The lowest BCUT2D eigenvalue weighted by atomic mass is 9.83. The summed E-state index contributed by atoms with van der Waals surface area (Å²) in [6.45, 7) is 10.3. The summed E-state index contributed by atoms with van der Waals surface area (Å²) in [6, 6.07) is 5.04. The normalized spacial score (nSPS) is 22.8. The van der Waals surface area contributed by atoms with Gasteiger partial charge in [0.05, 0.1) is 18.6 Å². The monoisotopic (exact) mass is 553 g/mol. The number of likely N-dealkylation sites (tertiary alicyclic amines) is 2. The number of anilines is 1. The number of Topliss-reactive ketones (excluding diaryl/α,β-unsaturated/α-hetero) is 1. The van der Waals surface area contributed by atoms with Crippen LogP contribution >= 0.6 is 0 Å². The van der Waals surface area contributed by atoms with E-state index in [1.165, 1.54) is 6.42 Å².